The van der Waals surface area contributed by atoms with E-state index in [1.807, 2.05) is 48.6 Å². The molecule has 0 radical (unpaired) electrons. The van der Waals surface area contributed by atoms with Gasteiger partial charge >= 0.3 is 0 Å². The Morgan fingerprint density at radius 3 is 2.44 bits per heavy atom. The fraction of sp³-hybridized carbons (Fsp3) is 0.167. The van der Waals surface area contributed by atoms with Crippen molar-refractivity contribution >= 4 is 51.8 Å². The van der Waals surface area contributed by atoms with Crippen LogP contribution < -0.4 is 14.5 Å². The molecule has 0 bridgehead atoms. The Labute approximate surface area is 194 Å². The third-order valence-corrected chi connectivity index (χ3v) is 6.56. The number of amides is 1. The first kappa shape index (κ1) is 21.9. The predicted octanol–water partition coefficient (Wildman–Crippen LogP) is 5.10. The van der Waals surface area contributed by atoms with Gasteiger partial charge < -0.3 is 14.7 Å². The first-order valence-electron chi connectivity index (χ1n) is 9.79. The van der Waals surface area contributed by atoms with Crippen LogP contribution in [0.5, 0.6) is 5.75 Å². The van der Waals surface area contributed by atoms with Gasteiger partial charge in [-0.1, -0.05) is 17.7 Å². The van der Waals surface area contributed by atoms with E-state index in [2.05, 4.69) is 0 Å². The number of aliphatic hydroxyl groups excluding tert-OH is 1. The Bertz CT molecular complexity index is 1200. The number of hydrogen-bond acceptors (Lipinski definition) is 6. The number of Topliss-reactive ketones (excluding diaryl/α,β-unsaturated/α-hetero) is 1. The van der Waals surface area contributed by atoms with Gasteiger partial charge in [0.15, 0.2) is 0 Å². The van der Waals surface area contributed by atoms with Gasteiger partial charge in [0, 0.05) is 35.9 Å². The fourth-order valence-electron chi connectivity index (χ4n) is 3.69. The number of aliphatic hydroxyl groups is 1. The number of ketones is 1. The van der Waals surface area contributed by atoms with Crippen LogP contribution in [0.25, 0.3) is 5.76 Å². The zero-order valence-corrected chi connectivity index (χ0v) is 19.3. The number of methoxy groups -OCH3 is 1. The molecule has 164 valence electrons. The predicted molar refractivity (Wildman–Crippen MR) is 128 cm³/mol. The summed E-state index contributed by atoms with van der Waals surface area (Å²) in [6, 6.07) is 15.0. The van der Waals surface area contributed by atoms with Gasteiger partial charge in [0.05, 0.1) is 17.7 Å². The van der Waals surface area contributed by atoms with Crippen molar-refractivity contribution in [2.75, 3.05) is 31.0 Å². The van der Waals surface area contributed by atoms with Gasteiger partial charge in [-0.2, -0.15) is 0 Å². The van der Waals surface area contributed by atoms with Crippen LogP contribution in [0.1, 0.15) is 16.5 Å². The number of rotatable bonds is 5. The van der Waals surface area contributed by atoms with Crippen molar-refractivity contribution in [2.24, 2.45) is 0 Å². The highest BCUT2D eigenvalue weighted by atomic mass is 35.5. The van der Waals surface area contributed by atoms with Crippen LogP contribution >= 0.6 is 22.9 Å². The molecule has 1 atom stereocenters. The molecular formula is C24H21ClN2O4S. The summed E-state index contributed by atoms with van der Waals surface area (Å²) in [4.78, 5) is 30.4. The quantitative estimate of drug-likeness (QED) is 0.320. The van der Waals surface area contributed by atoms with Crippen LogP contribution in [0, 0.1) is 0 Å². The van der Waals surface area contributed by atoms with E-state index >= 15 is 0 Å². The second kappa shape index (κ2) is 8.68. The van der Waals surface area contributed by atoms with E-state index in [1.54, 1.807) is 30.3 Å². The van der Waals surface area contributed by atoms with Gasteiger partial charge in [-0.25, -0.2) is 0 Å². The number of carbonyl (C=O) groups is 2. The van der Waals surface area contributed by atoms with E-state index in [4.69, 9.17) is 16.3 Å². The van der Waals surface area contributed by atoms with Crippen molar-refractivity contribution in [1.29, 1.82) is 0 Å². The fourth-order valence-corrected chi connectivity index (χ4v) is 4.71. The molecule has 4 rings (SSSR count). The minimum absolute atomic E-state index is 0.0264. The number of halogens is 1. The van der Waals surface area contributed by atoms with Gasteiger partial charge in [0.2, 0.25) is 0 Å². The van der Waals surface area contributed by atoms with Crippen molar-refractivity contribution in [2.45, 2.75) is 6.04 Å². The number of carbonyl (C=O) groups excluding carboxylic acids is 2. The lowest BCUT2D eigenvalue weighted by atomic mass is 9.99. The van der Waals surface area contributed by atoms with Gasteiger partial charge in [-0.3, -0.25) is 14.5 Å². The van der Waals surface area contributed by atoms with Gasteiger partial charge in [-0.05, 0) is 53.9 Å². The topological polar surface area (TPSA) is 70.1 Å². The molecule has 1 unspecified atom stereocenters. The highest BCUT2D eigenvalue weighted by Gasteiger charge is 2.47. The van der Waals surface area contributed by atoms with Crippen molar-refractivity contribution in [3.8, 4) is 5.75 Å². The van der Waals surface area contributed by atoms with E-state index in [1.165, 1.54) is 23.3 Å². The van der Waals surface area contributed by atoms with Crippen molar-refractivity contribution in [1.82, 2.24) is 0 Å². The molecule has 2 heterocycles. The molecule has 1 amide bonds. The third-order valence-electron chi connectivity index (χ3n) is 5.33. The van der Waals surface area contributed by atoms with E-state index in [0.29, 0.717) is 22.0 Å². The molecule has 0 spiro atoms. The molecule has 0 saturated carbocycles. The summed E-state index contributed by atoms with van der Waals surface area (Å²) >= 11 is 7.52. The molecular weight excluding hydrogens is 448 g/mol. The van der Waals surface area contributed by atoms with Gasteiger partial charge in [-0.15, -0.1) is 11.3 Å². The molecule has 3 aromatic rings. The Balaban J connectivity index is 1.88. The van der Waals surface area contributed by atoms with Gasteiger partial charge in [0.1, 0.15) is 17.6 Å². The Kier molecular flexibility index (Phi) is 5.95. The zero-order valence-electron chi connectivity index (χ0n) is 17.7. The Hall–Kier alpha value is -3.29. The lowest BCUT2D eigenvalue weighted by molar-refractivity contribution is -0.132. The van der Waals surface area contributed by atoms with E-state index < -0.39 is 17.7 Å². The summed E-state index contributed by atoms with van der Waals surface area (Å²) in [5, 5.41) is 13.4. The standard InChI is InChI=1S/C24H21ClN2O4S/c1-26(2)15-7-9-16(10-8-15)27-21(19-5-4-12-32-19)20(23(29)24(27)30)22(28)14-6-11-17(25)18(13-14)31-3/h4-13,21,28H,1-3H3/b22-20-. The number of hydrogen-bond donors (Lipinski definition) is 1. The minimum Gasteiger partial charge on any atom is -0.507 e. The van der Waals surface area contributed by atoms with Crippen LogP contribution in [0.2, 0.25) is 5.02 Å². The second-order valence-electron chi connectivity index (χ2n) is 7.44. The van der Waals surface area contributed by atoms with Crippen molar-refractivity contribution < 1.29 is 19.4 Å². The maximum Gasteiger partial charge on any atom is 0.300 e. The molecule has 1 saturated heterocycles. The summed E-state index contributed by atoms with van der Waals surface area (Å²) in [6.07, 6.45) is 0. The summed E-state index contributed by atoms with van der Waals surface area (Å²) in [6.45, 7) is 0. The highest BCUT2D eigenvalue weighted by molar-refractivity contribution is 7.10. The smallest absolute Gasteiger partial charge is 0.300 e. The molecule has 0 aliphatic carbocycles. The van der Waals surface area contributed by atoms with Crippen LogP contribution in [0.15, 0.2) is 65.6 Å². The summed E-state index contributed by atoms with van der Waals surface area (Å²) < 4.78 is 5.24. The van der Waals surface area contributed by atoms with Crippen molar-refractivity contribution in [3.05, 3.63) is 81.0 Å². The molecule has 1 aliphatic rings. The lowest BCUT2D eigenvalue weighted by Crippen LogP contribution is -2.29. The molecule has 32 heavy (non-hydrogen) atoms. The zero-order chi connectivity index (χ0) is 23.0. The molecule has 6 nitrogen and oxygen atoms in total. The van der Waals surface area contributed by atoms with Crippen LogP contribution in [0.4, 0.5) is 11.4 Å². The van der Waals surface area contributed by atoms with Gasteiger partial charge in [0.25, 0.3) is 11.7 Å². The third kappa shape index (κ3) is 3.74. The van der Waals surface area contributed by atoms with Crippen LogP contribution in [-0.2, 0) is 9.59 Å². The van der Waals surface area contributed by atoms with E-state index in [-0.39, 0.29) is 11.3 Å². The normalized spacial score (nSPS) is 17.6. The molecule has 8 heteroatoms. The average molecular weight is 469 g/mol. The number of anilines is 2. The Morgan fingerprint density at radius 1 is 1.12 bits per heavy atom. The Morgan fingerprint density at radius 2 is 1.84 bits per heavy atom. The number of benzene rings is 2. The molecule has 1 aromatic heterocycles. The molecule has 1 aliphatic heterocycles. The first-order chi connectivity index (χ1) is 15.3. The number of thiophene rings is 1. The van der Waals surface area contributed by atoms with E-state index in [0.717, 1.165) is 10.6 Å². The number of ether oxygens (including phenoxy) is 1. The number of nitrogens with zero attached hydrogens (tertiary/aromatic N) is 2. The summed E-state index contributed by atoms with van der Waals surface area (Å²) in [5.41, 5.74) is 1.90. The molecule has 2 aromatic carbocycles. The second-order valence-corrected chi connectivity index (χ2v) is 8.83. The summed E-state index contributed by atoms with van der Waals surface area (Å²) in [7, 11) is 5.31. The van der Waals surface area contributed by atoms with Crippen molar-refractivity contribution in [3.63, 3.8) is 0 Å². The maximum absolute atomic E-state index is 13.1. The maximum atomic E-state index is 13.1. The lowest BCUT2D eigenvalue weighted by Gasteiger charge is -2.25. The largest absolute Gasteiger partial charge is 0.507 e. The van der Waals surface area contributed by atoms with E-state index in [9.17, 15) is 14.7 Å². The van der Waals surface area contributed by atoms with Crippen LogP contribution in [0.3, 0.4) is 0 Å². The first-order valence-corrected chi connectivity index (χ1v) is 11.0. The van der Waals surface area contributed by atoms with Crippen LogP contribution in [-0.4, -0.2) is 38.0 Å². The SMILES string of the molecule is COc1cc(/C(O)=C2/C(=O)C(=O)N(c3ccc(N(C)C)cc3)C2c2cccs2)ccc1Cl. The molecule has 1 fully saturated rings. The average Bonchev–Trinajstić information content (AvgIpc) is 3.41. The highest BCUT2D eigenvalue weighted by Crippen LogP contribution is 2.44. The monoisotopic (exact) mass is 468 g/mol. The summed E-state index contributed by atoms with van der Waals surface area (Å²) in [5.74, 6) is -1.35. The molecule has 1 N–H and O–H groups in total. The minimum atomic E-state index is -0.748.